The molecule has 1 aliphatic heterocycles. The number of pyridine rings is 1. The van der Waals surface area contributed by atoms with Gasteiger partial charge in [0.2, 0.25) is 0 Å². The molecule has 0 atom stereocenters. The Morgan fingerprint density at radius 2 is 1.85 bits per heavy atom. The molecule has 0 saturated carbocycles. The number of anilines is 3. The predicted octanol–water partition coefficient (Wildman–Crippen LogP) is 5.77. The number of nitrogens with one attached hydrogen (secondary N) is 1. The van der Waals surface area contributed by atoms with Crippen molar-refractivity contribution in [3.8, 4) is 11.5 Å². The van der Waals surface area contributed by atoms with Gasteiger partial charge in [0.15, 0.2) is 0 Å². The average molecular weight is 359 g/mol. The molecule has 0 fully saturated rings. The summed E-state index contributed by atoms with van der Waals surface area (Å²) in [5.41, 5.74) is 2.37. The fourth-order valence-corrected chi connectivity index (χ4v) is 3.94. The second-order valence-corrected chi connectivity index (χ2v) is 6.70. The van der Waals surface area contributed by atoms with Crippen molar-refractivity contribution in [3.63, 3.8) is 0 Å². The number of nitrogens with zero attached hydrogens (tertiary/aromatic N) is 2. The number of amides is 2. The van der Waals surface area contributed by atoms with Gasteiger partial charge in [-0.05, 0) is 30.3 Å². The maximum Gasteiger partial charge on any atom is 0.331 e. The molecule has 4 aromatic rings. The number of carbonyl (C=O) groups excluding carboxylic acids is 1. The Morgan fingerprint density at radius 3 is 2.73 bits per heavy atom. The predicted molar refractivity (Wildman–Crippen MR) is 104 cm³/mol. The number of benzene rings is 2. The molecule has 0 saturated heterocycles. The highest BCUT2D eigenvalue weighted by Crippen LogP contribution is 2.43. The highest BCUT2D eigenvalue weighted by Gasteiger charge is 2.28. The molecular formula is C20H13N3O2S. The van der Waals surface area contributed by atoms with E-state index in [2.05, 4.69) is 10.3 Å². The first-order valence-electron chi connectivity index (χ1n) is 8.10. The monoisotopic (exact) mass is 359 g/mol. The summed E-state index contributed by atoms with van der Waals surface area (Å²) < 4.78 is 5.90. The van der Waals surface area contributed by atoms with E-state index in [-0.39, 0.29) is 6.03 Å². The van der Waals surface area contributed by atoms with Gasteiger partial charge in [-0.2, -0.15) is 0 Å². The second-order valence-electron chi connectivity index (χ2n) is 5.84. The van der Waals surface area contributed by atoms with E-state index in [1.807, 2.05) is 66.0 Å². The SMILES string of the molecule is O=C1Nc2csc3nccc(c23)N1c1cccc(Oc2ccccc2)c1. The van der Waals surface area contributed by atoms with Gasteiger partial charge in [-0.3, -0.25) is 4.90 Å². The van der Waals surface area contributed by atoms with E-state index in [0.29, 0.717) is 5.75 Å². The van der Waals surface area contributed by atoms with Crippen LogP contribution >= 0.6 is 11.3 Å². The summed E-state index contributed by atoms with van der Waals surface area (Å²) in [7, 11) is 0. The summed E-state index contributed by atoms with van der Waals surface area (Å²) in [5, 5.41) is 5.82. The molecular weight excluding hydrogens is 346 g/mol. The Morgan fingerprint density at radius 1 is 1.00 bits per heavy atom. The number of hydrogen-bond donors (Lipinski definition) is 1. The van der Waals surface area contributed by atoms with Crippen molar-refractivity contribution in [1.29, 1.82) is 0 Å². The molecule has 1 aliphatic rings. The average Bonchev–Trinajstić information content (AvgIpc) is 3.07. The van der Waals surface area contributed by atoms with E-state index in [1.165, 1.54) is 11.3 Å². The Hall–Kier alpha value is -3.38. The lowest BCUT2D eigenvalue weighted by Gasteiger charge is -2.28. The zero-order chi connectivity index (χ0) is 17.5. The van der Waals surface area contributed by atoms with Crippen LogP contribution in [0, 0.1) is 0 Å². The third-order valence-corrected chi connectivity index (χ3v) is 5.08. The Kier molecular flexibility index (Phi) is 3.36. The number of para-hydroxylation sites is 1. The minimum Gasteiger partial charge on any atom is -0.457 e. The van der Waals surface area contributed by atoms with Crippen LogP contribution in [0.5, 0.6) is 11.5 Å². The van der Waals surface area contributed by atoms with Crippen molar-refractivity contribution < 1.29 is 9.53 Å². The minimum absolute atomic E-state index is 0.194. The summed E-state index contributed by atoms with van der Waals surface area (Å²) in [6, 6.07) is 18.7. The molecule has 1 N–H and O–H groups in total. The van der Waals surface area contributed by atoms with Gasteiger partial charge in [-0.15, -0.1) is 11.3 Å². The maximum absolute atomic E-state index is 12.7. The fourth-order valence-electron chi connectivity index (χ4n) is 3.08. The van der Waals surface area contributed by atoms with E-state index >= 15 is 0 Å². The van der Waals surface area contributed by atoms with Crippen LogP contribution in [0.1, 0.15) is 0 Å². The lowest BCUT2D eigenvalue weighted by atomic mass is 10.1. The van der Waals surface area contributed by atoms with E-state index in [1.54, 1.807) is 11.1 Å². The van der Waals surface area contributed by atoms with Crippen molar-refractivity contribution in [2.75, 3.05) is 10.2 Å². The third kappa shape index (κ3) is 2.39. The number of ether oxygens (including phenoxy) is 1. The van der Waals surface area contributed by atoms with Crippen molar-refractivity contribution in [2.45, 2.75) is 0 Å². The van der Waals surface area contributed by atoms with Gasteiger partial charge in [-0.25, -0.2) is 9.78 Å². The summed E-state index contributed by atoms with van der Waals surface area (Å²) >= 11 is 1.52. The molecule has 6 heteroatoms. The van der Waals surface area contributed by atoms with Crippen LogP contribution in [0.4, 0.5) is 21.9 Å². The summed E-state index contributed by atoms with van der Waals surface area (Å²) in [6.45, 7) is 0. The normalized spacial score (nSPS) is 12.9. The van der Waals surface area contributed by atoms with Crippen molar-refractivity contribution in [3.05, 3.63) is 72.2 Å². The van der Waals surface area contributed by atoms with Gasteiger partial charge in [0.1, 0.15) is 16.3 Å². The molecule has 126 valence electrons. The van der Waals surface area contributed by atoms with E-state index in [4.69, 9.17) is 4.74 Å². The Balaban J connectivity index is 1.58. The maximum atomic E-state index is 12.7. The smallest absolute Gasteiger partial charge is 0.331 e. The molecule has 2 amide bonds. The van der Waals surface area contributed by atoms with Crippen LogP contribution in [-0.4, -0.2) is 11.0 Å². The molecule has 0 unspecified atom stereocenters. The van der Waals surface area contributed by atoms with Crippen molar-refractivity contribution >= 4 is 44.6 Å². The zero-order valence-electron chi connectivity index (χ0n) is 13.5. The van der Waals surface area contributed by atoms with E-state index in [9.17, 15) is 4.79 Å². The van der Waals surface area contributed by atoms with Crippen LogP contribution in [-0.2, 0) is 0 Å². The number of urea groups is 1. The van der Waals surface area contributed by atoms with Crippen LogP contribution in [0.15, 0.2) is 72.2 Å². The summed E-state index contributed by atoms with van der Waals surface area (Å²) in [4.78, 5) is 19.7. The third-order valence-electron chi connectivity index (χ3n) is 4.19. The van der Waals surface area contributed by atoms with Crippen molar-refractivity contribution in [1.82, 2.24) is 4.98 Å². The van der Waals surface area contributed by atoms with Gasteiger partial charge < -0.3 is 10.1 Å². The molecule has 5 rings (SSSR count). The first kappa shape index (κ1) is 14.9. The van der Waals surface area contributed by atoms with Crippen LogP contribution < -0.4 is 15.0 Å². The number of thiophene rings is 1. The highest BCUT2D eigenvalue weighted by atomic mass is 32.1. The van der Waals surface area contributed by atoms with E-state index < -0.39 is 0 Å². The Bertz CT molecular complexity index is 1120. The second kappa shape index (κ2) is 5.86. The summed E-state index contributed by atoms with van der Waals surface area (Å²) in [5.74, 6) is 1.42. The first-order valence-corrected chi connectivity index (χ1v) is 8.98. The molecule has 3 heterocycles. The number of aromatic nitrogens is 1. The zero-order valence-corrected chi connectivity index (χ0v) is 14.4. The molecule has 0 spiro atoms. The fraction of sp³-hybridized carbons (Fsp3) is 0. The number of carbonyl (C=O) groups is 1. The van der Waals surface area contributed by atoms with Crippen molar-refractivity contribution in [2.24, 2.45) is 0 Å². The first-order chi connectivity index (χ1) is 12.8. The molecule has 0 radical (unpaired) electrons. The molecule has 5 nitrogen and oxygen atoms in total. The van der Waals surface area contributed by atoms with Gasteiger partial charge >= 0.3 is 6.03 Å². The highest BCUT2D eigenvalue weighted by molar-refractivity contribution is 7.17. The Labute approximate surface area is 153 Å². The standard InChI is InChI=1S/C20H13N3O2S/c24-20-22-16-12-26-19-18(16)17(9-10-21-19)23(20)13-5-4-8-15(11-13)25-14-6-2-1-3-7-14/h1-12H,(H,22,24). The van der Waals surface area contributed by atoms with Crippen LogP contribution in [0.2, 0.25) is 0 Å². The lowest BCUT2D eigenvalue weighted by Crippen LogP contribution is -2.33. The van der Waals surface area contributed by atoms with Gasteiger partial charge in [0.25, 0.3) is 0 Å². The minimum atomic E-state index is -0.194. The molecule has 2 aromatic carbocycles. The van der Waals surface area contributed by atoms with Crippen LogP contribution in [0.3, 0.4) is 0 Å². The van der Waals surface area contributed by atoms with Gasteiger partial charge in [-0.1, -0.05) is 24.3 Å². The summed E-state index contributed by atoms with van der Waals surface area (Å²) in [6.07, 6.45) is 1.73. The number of hydrogen-bond acceptors (Lipinski definition) is 4. The molecule has 0 bridgehead atoms. The van der Waals surface area contributed by atoms with Gasteiger partial charge in [0.05, 0.1) is 22.4 Å². The molecule has 0 aliphatic carbocycles. The van der Waals surface area contributed by atoms with Gasteiger partial charge in [0, 0.05) is 17.6 Å². The van der Waals surface area contributed by atoms with E-state index in [0.717, 1.165) is 33.0 Å². The lowest BCUT2D eigenvalue weighted by molar-refractivity contribution is 0.259. The number of rotatable bonds is 3. The quantitative estimate of drug-likeness (QED) is 0.505. The largest absolute Gasteiger partial charge is 0.457 e. The molecule has 2 aromatic heterocycles. The van der Waals surface area contributed by atoms with Crippen LogP contribution in [0.25, 0.3) is 10.2 Å². The molecule has 26 heavy (non-hydrogen) atoms. The topological polar surface area (TPSA) is 54.5 Å².